The number of halogens is 1. The summed E-state index contributed by atoms with van der Waals surface area (Å²) in [5.74, 6) is 0. The third kappa shape index (κ3) is 2.98. The van der Waals surface area contributed by atoms with Crippen molar-refractivity contribution in [2.45, 2.75) is 19.9 Å². The van der Waals surface area contributed by atoms with E-state index in [1.807, 2.05) is 6.07 Å². The number of hydrogen-bond acceptors (Lipinski definition) is 2. The Balaban J connectivity index is 2.15. The summed E-state index contributed by atoms with van der Waals surface area (Å²) < 4.78 is 1.35. The molecule has 2 aromatic carbocycles. The first-order valence-corrected chi connectivity index (χ1v) is 8.41. The number of aryl methyl sites for hydroxylation is 1. The van der Waals surface area contributed by atoms with Gasteiger partial charge in [-0.3, -0.25) is 0 Å². The Morgan fingerprint density at radius 2 is 2.05 bits per heavy atom. The molecule has 0 amide bonds. The average molecular weight is 316 g/mol. The topological polar surface area (TPSA) is 12.0 Å². The molecular weight excluding hydrogens is 298 g/mol. The number of hydrogen-bond donors (Lipinski definition) is 1. The van der Waals surface area contributed by atoms with E-state index in [2.05, 4.69) is 60.9 Å². The Hall–Kier alpha value is -1.35. The van der Waals surface area contributed by atoms with Crippen LogP contribution in [0.2, 0.25) is 5.02 Å². The molecule has 3 rings (SSSR count). The summed E-state index contributed by atoms with van der Waals surface area (Å²) in [6.07, 6.45) is 0. The summed E-state index contributed by atoms with van der Waals surface area (Å²) >= 11 is 8.05. The molecule has 21 heavy (non-hydrogen) atoms. The normalized spacial score (nSPS) is 12.7. The molecular formula is C18H18ClNS. The highest BCUT2D eigenvalue weighted by atomic mass is 35.5. The van der Waals surface area contributed by atoms with Gasteiger partial charge in [-0.1, -0.05) is 42.8 Å². The van der Waals surface area contributed by atoms with E-state index in [9.17, 15) is 0 Å². The van der Waals surface area contributed by atoms with Crippen LogP contribution in [0.5, 0.6) is 0 Å². The smallest absolute Gasteiger partial charge is 0.0591 e. The minimum Gasteiger partial charge on any atom is -0.306 e. The number of rotatable bonds is 4. The highest BCUT2D eigenvalue weighted by Gasteiger charge is 2.17. The molecule has 0 bridgehead atoms. The Kier molecular flexibility index (Phi) is 4.29. The van der Waals surface area contributed by atoms with Crippen molar-refractivity contribution in [2.75, 3.05) is 6.54 Å². The lowest BCUT2D eigenvalue weighted by atomic mass is 9.96. The fraction of sp³-hybridized carbons (Fsp3) is 0.222. The maximum Gasteiger partial charge on any atom is 0.0591 e. The highest BCUT2D eigenvalue weighted by Crippen LogP contribution is 2.33. The van der Waals surface area contributed by atoms with Gasteiger partial charge in [0.15, 0.2) is 0 Å². The Bertz CT molecular complexity index is 743. The molecule has 3 heteroatoms. The van der Waals surface area contributed by atoms with Crippen molar-refractivity contribution in [1.82, 2.24) is 5.32 Å². The lowest BCUT2D eigenvalue weighted by Gasteiger charge is -2.20. The number of thiophene rings is 1. The van der Waals surface area contributed by atoms with E-state index < -0.39 is 0 Å². The number of fused-ring (bicyclic) bond motifs is 1. The van der Waals surface area contributed by atoms with Crippen molar-refractivity contribution in [3.8, 4) is 0 Å². The zero-order chi connectivity index (χ0) is 14.8. The summed E-state index contributed by atoms with van der Waals surface area (Å²) in [7, 11) is 0. The highest BCUT2D eigenvalue weighted by molar-refractivity contribution is 7.17. The van der Waals surface area contributed by atoms with E-state index in [-0.39, 0.29) is 6.04 Å². The third-order valence-electron chi connectivity index (χ3n) is 3.63. The van der Waals surface area contributed by atoms with Gasteiger partial charge in [0, 0.05) is 9.72 Å². The van der Waals surface area contributed by atoms with Gasteiger partial charge in [-0.2, -0.15) is 0 Å². The third-order valence-corrected chi connectivity index (χ3v) is 4.82. The molecule has 108 valence electrons. The first kappa shape index (κ1) is 14.6. The van der Waals surface area contributed by atoms with Gasteiger partial charge in [-0.05, 0) is 59.1 Å². The molecule has 0 saturated carbocycles. The molecule has 0 saturated heterocycles. The lowest BCUT2D eigenvalue weighted by Crippen LogP contribution is -2.22. The zero-order valence-electron chi connectivity index (χ0n) is 12.2. The summed E-state index contributed by atoms with van der Waals surface area (Å²) in [4.78, 5) is 0. The van der Waals surface area contributed by atoms with Crippen LogP contribution < -0.4 is 5.32 Å². The van der Waals surface area contributed by atoms with Crippen LogP contribution in [0.25, 0.3) is 10.1 Å². The molecule has 1 aromatic heterocycles. The molecule has 1 atom stereocenters. The Morgan fingerprint density at radius 1 is 1.19 bits per heavy atom. The van der Waals surface area contributed by atoms with Crippen molar-refractivity contribution < 1.29 is 0 Å². The van der Waals surface area contributed by atoms with Crippen molar-refractivity contribution in [1.29, 1.82) is 0 Å². The molecule has 1 N–H and O–H groups in total. The second kappa shape index (κ2) is 6.18. The molecule has 0 aliphatic carbocycles. The molecule has 1 nitrogen and oxygen atoms in total. The Labute approximate surface area is 134 Å². The van der Waals surface area contributed by atoms with E-state index in [0.29, 0.717) is 0 Å². The van der Waals surface area contributed by atoms with E-state index in [0.717, 1.165) is 11.6 Å². The van der Waals surface area contributed by atoms with Crippen molar-refractivity contribution >= 4 is 33.0 Å². The molecule has 1 unspecified atom stereocenters. The van der Waals surface area contributed by atoms with Crippen molar-refractivity contribution in [3.05, 3.63) is 69.6 Å². The Morgan fingerprint density at radius 3 is 2.81 bits per heavy atom. The second-order valence-corrected chi connectivity index (χ2v) is 6.59. The van der Waals surface area contributed by atoms with E-state index in [1.54, 1.807) is 11.3 Å². The van der Waals surface area contributed by atoms with Gasteiger partial charge < -0.3 is 5.32 Å². The quantitative estimate of drug-likeness (QED) is 0.664. The van der Waals surface area contributed by atoms with Crippen molar-refractivity contribution in [3.63, 3.8) is 0 Å². The summed E-state index contributed by atoms with van der Waals surface area (Å²) in [5, 5.41) is 7.85. The van der Waals surface area contributed by atoms with Crippen LogP contribution in [-0.4, -0.2) is 6.54 Å². The average Bonchev–Trinajstić information content (AvgIpc) is 2.92. The zero-order valence-corrected chi connectivity index (χ0v) is 13.8. The predicted molar refractivity (Wildman–Crippen MR) is 93.5 cm³/mol. The van der Waals surface area contributed by atoms with Gasteiger partial charge in [-0.15, -0.1) is 11.3 Å². The number of benzene rings is 2. The molecule has 1 heterocycles. The first-order chi connectivity index (χ1) is 10.2. The van der Waals surface area contributed by atoms with E-state index in [1.165, 1.54) is 26.8 Å². The van der Waals surface area contributed by atoms with Gasteiger partial charge in [0.2, 0.25) is 0 Å². The minimum absolute atomic E-state index is 0.176. The molecule has 0 fully saturated rings. The summed E-state index contributed by atoms with van der Waals surface area (Å²) in [5.41, 5.74) is 3.74. The fourth-order valence-electron chi connectivity index (χ4n) is 2.79. The summed E-state index contributed by atoms with van der Waals surface area (Å²) in [6.45, 7) is 5.14. The van der Waals surface area contributed by atoms with Crippen LogP contribution in [0.3, 0.4) is 0 Å². The SMILES string of the molecule is CCNC(c1cc(C)cc(Cl)c1)c1cccc2ccsc12. The number of nitrogens with one attached hydrogen (secondary N) is 1. The monoisotopic (exact) mass is 315 g/mol. The standard InChI is InChI=1S/C18H18ClNS/c1-3-20-17(14-9-12(2)10-15(19)11-14)16-6-4-5-13-7-8-21-18(13)16/h4-11,17,20H,3H2,1-2H3. The molecule has 0 radical (unpaired) electrons. The predicted octanol–water partition coefficient (Wildman–Crippen LogP) is 5.56. The fourth-order valence-corrected chi connectivity index (χ4v) is 4.03. The minimum atomic E-state index is 0.176. The largest absolute Gasteiger partial charge is 0.306 e. The van der Waals surface area contributed by atoms with Crippen LogP contribution >= 0.6 is 22.9 Å². The van der Waals surface area contributed by atoms with Gasteiger partial charge in [-0.25, -0.2) is 0 Å². The van der Waals surface area contributed by atoms with Crippen LogP contribution in [0.1, 0.15) is 29.7 Å². The van der Waals surface area contributed by atoms with Gasteiger partial charge in [0.1, 0.15) is 0 Å². The van der Waals surface area contributed by atoms with Gasteiger partial charge in [0.25, 0.3) is 0 Å². The molecule has 0 aliphatic heterocycles. The molecule has 0 aliphatic rings. The van der Waals surface area contributed by atoms with E-state index in [4.69, 9.17) is 11.6 Å². The summed E-state index contributed by atoms with van der Waals surface area (Å²) in [6, 6.07) is 15.1. The van der Waals surface area contributed by atoms with Gasteiger partial charge >= 0.3 is 0 Å². The first-order valence-electron chi connectivity index (χ1n) is 7.15. The maximum atomic E-state index is 6.25. The van der Waals surface area contributed by atoms with Crippen LogP contribution in [-0.2, 0) is 0 Å². The van der Waals surface area contributed by atoms with E-state index >= 15 is 0 Å². The van der Waals surface area contributed by atoms with Crippen molar-refractivity contribution in [2.24, 2.45) is 0 Å². The second-order valence-electron chi connectivity index (χ2n) is 5.24. The lowest BCUT2D eigenvalue weighted by molar-refractivity contribution is 0.634. The van der Waals surface area contributed by atoms with Gasteiger partial charge in [0.05, 0.1) is 6.04 Å². The maximum absolute atomic E-state index is 6.25. The van der Waals surface area contributed by atoms with Crippen LogP contribution in [0, 0.1) is 6.92 Å². The van der Waals surface area contributed by atoms with Crippen LogP contribution in [0.15, 0.2) is 47.8 Å². The van der Waals surface area contributed by atoms with Crippen LogP contribution in [0.4, 0.5) is 0 Å². The molecule has 0 spiro atoms. The molecule has 3 aromatic rings.